The Balaban J connectivity index is 1.51. The number of carbonyl (C=O) groups excluding carboxylic acids is 2. The van der Waals surface area contributed by atoms with Crippen molar-refractivity contribution in [3.8, 4) is 5.75 Å². The van der Waals surface area contributed by atoms with Crippen LogP contribution in [0.25, 0.3) is 0 Å². The Labute approximate surface area is 169 Å². The molecule has 0 radical (unpaired) electrons. The van der Waals surface area contributed by atoms with Crippen LogP contribution in [-0.4, -0.2) is 30.8 Å². The van der Waals surface area contributed by atoms with Crippen LogP contribution < -0.4 is 10.1 Å². The van der Waals surface area contributed by atoms with Crippen molar-refractivity contribution >= 4 is 29.3 Å². The monoisotopic (exact) mass is 399 g/mol. The van der Waals surface area contributed by atoms with Gasteiger partial charge >= 0.3 is 5.97 Å². The van der Waals surface area contributed by atoms with Crippen molar-refractivity contribution in [3.63, 3.8) is 0 Å². The minimum absolute atomic E-state index is 0.171. The normalized spacial score (nSPS) is 13.5. The lowest BCUT2D eigenvalue weighted by molar-refractivity contribution is -0.150. The van der Waals surface area contributed by atoms with E-state index in [1.807, 2.05) is 25.1 Å². The van der Waals surface area contributed by atoms with Gasteiger partial charge in [-0.05, 0) is 74.1 Å². The first kappa shape index (κ1) is 20.3. The second-order valence-corrected chi connectivity index (χ2v) is 7.95. The van der Waals surface area contributed by atoms with E-state index in [1.165, 1.54) is 29.3 Å². The Hall–Kier alpha value is -2.47. The number of hydrogen-bond acceptors (Lipinski definition) is 5. The molecule has 0 unspecified atom stereocenters. The molecular weight excluding hydrogens is 374 g/mol. The smallest absolute Gasteiger partial charge is 0.317 e. The summed E-state index contributed by atoms with van der Waals surface area (Å²) in [6, 6.07) is 11.8. The molecule has 0 aliphatic heterocycles. The Bertz CT molecular complexity index is 881. The summed E-state index contributed by atoms with van der Waals surface area (Å²) in [5.41, 5.74) is 4.33. The van der Waals surface area contributed by atoms with Gasteiger partial charge in [0.15, 0.2) is 6.10 Å². The number of fused-ring (bicyclic) bond motifs is 1. The number of nitrogens with one attached hydrogen (secondary N) is 1. The Kier molecular flexibility index (Phi) is 6.62. The van der Waals surface area contributed by atoms with Crippen LogP contribution in [0.1, 0.15) is 30.0 Å². The summed E-state index contributed by atoms with van der Waals surface area (Å²) in [6.45, 7) is 3.49. The topological polar surface area (TPSA) is 64.6 Å². The van der Waals surface area contributed by atoms with E-state index in [2.05, 4.69) is 17.4 Å². The first-order chi connectivity index (χ1) is 13.5. The van der Waals surface area contributed by atoms with Crippen LogP contribution in [0.4, 0.5) is 5.69 Å². The molecule has 0 fully saturated rings. The van der Waals surface area contributed by atoms with E-state index in [4.69, 9.17) is 9.47 Å². The third-order valence-corrected chi connectivity index (χ3v) is 5.68. The number of benzene rings is 2. The maximum Gasteiger partial charge on any atom is 0.317 e. The van der Waals surface area contributed by atoms with E-state index in [0.29, 0.717) is 11.4 Å². The maximum absolute atomic E-state index is 12.4. The quantitative estimate of drug-likeness (QED) is 0.560. The fourth-order valence-electron chi connectivity index (χ4n) is 3.22. The van der Waals surface area contributed by atoms with Crippen LogP contribution >= 0.6 is 11.8 Å². The van der Waals surface area contributed by atoms with Crippen LogP contribution in [0.15, 0.2) is 41.3 Å². The van der Waals surface area contributed by atoms with Crippen LogP contribution in [0, 0.1) is 6.92 Å². The SMILES string of the molecule is COc1ccc(C)cc1NC(=O)[C@H](C)OC(=O)CSc1ccc2c(c1)CCC2. The number of hydrogen-bond donors (Lipinski definition) is 1. The minimum Gasteiger partial charge on any atom is -0.495 e. The van der Waals surface area contributed by atoms with Crippen LogP contribution in [0.3, 0.4) is 0 Å². The van der Waals surface area contributed by atoms with E-state index in [0.717, 1.165) is 23.3 Å². The lowest BCUT2D eigenvalue weighted by atomic mass is 10.1. The summed E-state index contributed by atoms with van der Waals surface area (Å²) >= 11 is 1.43. The van der Waals surface area contributed by atoms with Crippen molar-refractivity contribution in [1.82, 2.24) is 0 Å². The molecule has 1 N–H and O–H groups in total. The van der Waals surface area contributed by atoms with Gasteiger partial charge < -0.3 is 14.8 Å². The molecule has 1 aliphatic rings. The van der Waals surface area contributed by atoms with Crippen LogP contribution in [-0.2, 0) is 27.2 Å². The second-order valence-electron chi connectivity index (χ2n) is 6.90. The Morgan fingerprint density at radius 2 is 1.93 bits per heavy atom. The number of ether oxygens (including phenoxy) is 2. The van der Waals surface area contributed by atoms with Gasteiger partial charge in [-0.2, -0.15) is 0 Å². The van der Waals surface area contributed by atoms with Crippen LogP contribution in [0.2, 0.25) is 0 Å². The number of amides is 1. The number of thioether (sulfide) groups is 1. The molecule has 28 heavy (non-hydrogen) atoms. The number of aryl methyl sites for hydroxylation is 3. The van der Waals surface area contributed by atoms with Crippen LogP contribution in [0.5, 0.6) is 5.75 Å². The number of carbonyl (C=O) groups is 2. The summed E-state index contributed by atoms with van der Waals surface area (Å²) in [4.78, 5) is 25.6. The average molecular weight is 400 g/mol. The summed E-state index contributed by atoms with van der Waals surface area (Å²) in [5, 5.41) is 2.76. The predicted molar refractivity (Wildman–Crippen MR) is 111 cm³/mol. The zero-order chi connectivity index (χ0) is 20.1. The average Bonchev–Trinajstić information content (AvgIpc) is 3.14. The molecule has 0 heterocycles. The van der Waals surface area contributed by atoms with Crippen molar-refractivity contribution in [1.29, 1.82) is 0 Å². The minimum atomic E-state index is -0.890. The summed E-state index contributed by atoms with van der Waals surface area (Å²) in [5.74, 6) is -0.0711. The van der Waals surface area contributed by atoms with Crippen molar-refractivity contribution in [2.24, 2.45) is 0 Å². The number of esters is 1. The first-order valence-corrected chi connectivity index (χ1v) is 10.3. The van der Waals surface area contributed by atoms with E-state index < -0.39 is 12.1 Å². The van der Waals surface area contributed by atoms with Gasteiger partial charge in [-0.1, -0.05) is 12.1 Å². The highest BCUT2D eigenvalue weighted by Gasteiger charge is 2.20. The van der Waals surface area contributed by atoms with Gasteiger partial charge in [0, 0.05) is 4.90 Å². The summed E-state index contributed by atoms with van der Waals surface area (Å²) in [7, 11) is 1.54. The largest absolute Gasteiger partial charge is 0.495 e. The first-order valence-electron chi connectivity index (χ1n) is 9.36. The molecule has 0 saturated carbocycles. The van der Waals surface area contributed by atoms with Gasteiger partial charge in [0.2, 0.25) is 0 Å². The molecule has 2 aromatic carbocycles. The van der Waals surface area contributed by atoms with E-state index in [-0.39, 0.29) is 11.7 Å². The highest BCUT2D eigenvalue weighted by molar-refractivity contribution is 8.00. The molecule has 0 aromatic heterocycles. The standard InChI is InChI=1S/C22H25NO4S/c1-14-7-10-20(26-3)19(11-14)23-22(25)15(2)27-21(24)13-28-18-9-8-16-5-4-6-17(16)12-18/h7-12,15H,4-6,13H2,1-3H3,(H,23,25)/t15-/m0/s1. The van der Waals surface area contributed by atoms with Gasteiger partial charge in [-0.15, -0.1) is 11.8 Å². The van der Waals surface area contributed by atoms with E-state index >= 15 is 0 Å². The van der Waals surface area contributed by atoms with Crippen molar-refractivity contribution < 1.29 is 19.1 Å². The van der Waals surface area contributed by atoms with Gasteiger partial charge in [0.25, 0.3) is 5.91 Å². The van der Waals surface area contributed by atoms with Gasteiger partial charge in [0.1, 0.15) is 5.75 Å². The molecule has 2 aromatic rings. The third-order valence-electron chi connectivity index (χ3n) is 4.72. The fourth-order valence-corrected chi connectivity index (χ4v) is 3.96. The molecule has 5 nitrogen and oxygen atoms in total. The lowest BCUT2D eigenvalue weighted by Gasteiger charge is -2.15. The van der Waals surface area contributed by atoms with Gasteiger partial charge in [-0.25, -0.2) is 0 Å². The second kappa shape index (κ2) is 9.15. The lowest BCUT2D eigenvalue weighted by Crippen LogP contribution is -2.30. The van der Waals surface area contributed by atoms with Crippen molar-refractivity contribution in [2.45, 2.75) is 44.1 Å². The maximum atomic E-state index is 12.4. The zero-order valence-electron chi connectivity index (χ0n) is 16.4. The molecule has 1 atom stereocenters. The zero-order valence-corrected chi connectivity index (χ0v) is 17.2. The molecule has 0 spiro atoms. The molecule has 3 rings (SSSR count). The molecule has 148 valence electrons. The van der Waals surface area contributed by atoms with Gasteiger partial charge in [-0.3, -0.25) is 9.59 Å². The van der Waals surface area contributed by atoms with Crippen molar-refractivity contribution in [2.75, 3.05) is 18.2 Å². The Morgan fingerprint density at radius 1 is 1.14 bits per heavy atom. The number of rotatable bonds is 7. The number of methoxy groups -OCH3 is 1. The highest BCUT2D eigenvalue weighted by atomic mass is 32.2. The summed E-state index contributed by atoms with van der Waals surface area (Å²) in [6.07, 6.45) is 2.55. The molecule has 1 amide bonds. The highest BCUT2D eigenvalue weighted by Crippen LogP contribution is 2.28. The summed E-state index contributed by atoms with van der Waals surface area (Å²) < 4.78 is 10.5. The van der Waals surface area contributed by atoms with E-state index in [1.54, 1.807) is 20.1 Å². The molecule has 0 bridgehead atoms. The fraction of sp³-hybridized carbons (Fsp3) is 0.364. The molecular formula is C22H25NO4S. The molecule has 0 saturated heterocycles. The molecule has 1 aliphatic carbocycles. The predicted octanol–water partition coefficient (Wildman–Crippen LogP) is 4.15. The third kappa shape index (κ3) is 5.07. The molecule has 6 heteroatoms. The Morgan fingerprint density at radius 3 is 2.71 bits per heavy atom. The number of anilines is 1. The van der Waals surface area contributed by atoms with E-state index in [9.17, 15) is 9.59 Å². The van der Waals surface area contributed by atoms with Gasteiger partial charge in [0.05, 0.1) is 18.6 Å². The van der Waals surface area contributed by atoms with Crippen molar-refractivity contribution in [3.05, 3.63) is 53.1 Å².